The molecular weight excluding hydrogens is 376 g/mol. The van der Waals surface area contributed by atoms with E-state index in [0.29, 0.717) is 22.6 Å². The van der Waals surface area contributed by atoms with Gasteiger partial charge in [-0.1, -0.05) is 24.6 Å². The van der Waals surface area contributed by atoms with Crippen molar-refractivity contribution in [3.05, 3.63) is 59.3 Å². The molecule has 2 N–H and O–H groups in total. The topological polar surface area (TPSA) is 76.0 Å². The zero-order chi connectivity index (χ0) is 22.1. The molecule has 1 aromatic carbocycles. The quantitative estimate of drug-likeness (QED) is 0.634. The van der Waals surface area contributed by atoms with Crippen molar-refractivity contribution >= 4 is 28.7 Å². The fourth-order valence-corrected chi connectivity index (χ4v) is 3.16. The Bertz CT molecular complexity index is 1080. The first-order valence-electron chi connectivity index (χ1n) is 10.3. The number of anilines is 1. The number of benzene rings is 1. The van der Waals surface area contributed by atoms with Gasteiger partial charge in [0.15, 0.2) is 0 Å². The minimum absolute atomic E-state index is 0.0894. The number of aromatic nitrogens is 2. The molecular formula is C24H30N4O2. The van der Waals surface area contributed by atoms with E-state index in [1.807, 2.05) is 49.7 Å². The summed E-state index contributed by atoms with van der Waals surface area (Å²) >= 11 is 0. The van der Waals surface area contributed by atoms with E-state index in [1.165, 1.54) is 0 Å². The molecule has 3 rings (SSSR count). The van der Waals surface area contributed by atoms with Gasteiger partial charge in [0.25, 0.3) is 11.8 Å². The van der Waals surface area contributed by atoms with Crippen LogP contribution in [0, 0.1) is 6.92 Å². The van der Waals surface area contributed by atoms with E-state index in [4.69, 9.17) is 0 Å². The lowest BCUT2D eigenvalue weighted by Gasteiger charge is -2.22. The van der Waals surface area contributed by atoms with Gasteiger partial charge in [-0.15, -0.1) is 0 Å². The van der Waals surface area contributed by atoms with Gasteiger partial charge in [0.05, 0.1) is 5.56 Å². The second-order valence-corrected chi connectivity index (χ2v) is 8.75. The predicted octanol–water partition coefficient (Wildman–Crippen LogP) is 4.88. The van der Waals surface area contributed by atoms with Gasteiger partial charge >= 0.3 is 0 Å². The molecule has 0 bridgehead atoms. The molecule has 0 saturated heterocycles. The number of carbonyl (C=O) groups excluding carboxylic acids is 2. The molecule has 158 valence electrons. The van der Waals surface area contributed by atoms with Crippen molar-refractivity contribution < 1.29 is 9.59 Å². The van der Waals surface area contributed by atoms with Crippen molar-refractivity contribution in [1.29, 1.82) is 0 Å². The molecule has 1 unspecified atom stereocenters. The molecule has 0 radical (unpaired) electrons. The predicted molar refractivity (Wildman–Crippen MR) is 121 cm³/mol. The first-order valence-corrected chi connectivity index (χ1v) is 10.3. The van der Waals surface area contributed by atoms with Crippen molar-refractivity contribution in [1.82, 2.24) is 14.9 Å². The number of fused-ring (bicyclic) bond motifs is 1. The Morgan fingerprint density at radius 2 is 1.73 bits per heavy atom. The van der Waals surface area contributed by atoms with Crippen LogP contribution in [0.1, 0.15) is 67.3 Å². The van der Waals surface area contributed by atoms with Crippen LogP contribution in [0.5, 0.6) is 0 Å². The maximum Gasteiger partial charge on any atom is 0.256 e. The fraction of sp³-hybridized carbons (Fsp3) is 0.375. The second kappa shape index (κ2) is 8.30. The van der Waals surface area contributed by atoms with Crippen LogP contribution >= 0.6 is 0 Å². The van der Waals surface area contributed by atoms with Crippen molar-refractivity contribution in [2.45, 2.75) is 59.5 Å². The third-order valence-electron chi connectivity index (χ3n) is 5.16. The molecule has 6 nitrogen and oxygen atoms in total. The van der Waals surface area contributed by atoms with Gasteiger partial charge in [0.2, 0.25) is 0 Å². The Morgan fingerprint density at radius 3 is 2.33 bits per heavy atom. The third kappa shape index (κ3) is 4.53. The van der Waals surface area contributed by atoms with E-state index in [1.54, 1.807) is 18.2 Å². The van der Waals surface area contributed by atoms with E-state index in [0.717, 1.165) is 17.4 Å². The first kappa shape index (κ1) is 21.6. The van der Waals surface area contributed by atoms with Crippen molar-refractivity contribution in [2.24, 2.45) is 0 Å². The zero-order valence-corrected chi connectivity index (χ0v) is 18.5. The van der Waals surface area contributed by atoms with Crippen LogP contribution in [0.25, 0.3) is 11.0 Å². The van der Waals surface area contributed by atoms with Crippen LogP contribution in [-0.4, -0.2) is 27.4 Å². The molecule has 0 aliphatic carbocycles. The lowest BCUT2D eigenvalue weighted by atomic mass is 10.1. The highest BCUT2D eigenvalue weighted by molar-refractivity contribution is 6.08. The number of nitrogens with one attached hydrogen (secondary N) is 2. The van der Waals surface area contributed by atoms with Gasteiger partial charge in [-0.05, 0) is 65.3 Å². The molecule has 2 aromatic heterocycles. The monoisotopic (exact) mass is 406 g/mol. The smallest absolute Gasteiger partial charge is 0.256 e. The summed E-state index contributed by atoms with van der Waals surface area (Å²) in [5.41, 5.74) is 2.64. The summed E-state index contributed by atoms with van der Waals surface area (Å²) in [7, 11) is 0. The molecule has 30 heavy (non-hydrogen) atoms. The summed E-state index contributed by atoms with van der Waals surface area (Å²) in [6.07, 6.45) is 2.71. The second-order valence-electron chi connectivity index (χ2n) is 8.75. The SMILES string of the molecule is CCC(C)NC(=O)c1cn(C(C)(C)C)c2nc(NC(=O)c3ccc(C)cc3)ccc12. The summed E-state index contributed by atoms with van der Waals surface area (Å²) < 4.78 is 1.98. The third-order valence-corrected chi connectivity index (χ3v) is 5.16. The number of aryl methyl sites for hydroxylation is 1. The molecule has 0 aliphatic rings. The Hall–Kier alpha value is -3.15. The van der Waals surface area contributed by atoms with Crippen molar-refractivity contribution in [2.75, 3.05) is 5.32 Å². The minimum atomic E-state index is -0.278. The summed E-state index contributed by atoms with van der Waals surface area (Å²) in [5.74, 6) is 0.117. The fourth-order valence-electron chi connectivity index (χ4n) is 3.16. The molecule has 1 atom stereocenters. The Kier molecular flexibility index (Phi) is 5.97. The average Bonchev–Trinajstić information content (AvgIpc) is 3.07. The zero-order valence-electron chi connectivity index (χ0n) is 18.5. The highest BCUT2D eigenvalue weighted by Gasteiger charge is 2.23. The lowest BCUT2D eigenvalue weighted by molar-refractivity contribution is 0.0939. The first-order chi connectivity index (χ1) is 14.1. The molecule has 2 amide bonds. The number of hydrogen-bond donors (Lipinski definition) is 2. The average molecular weight is 407 g/mol. The number of pyridine rings is 1. The summed E-state index contributed by atoms with van der Waals surface area (Å²) in [6, 6.07) is 11.1. The van der Waals surface area contributed by atoms with Crippen LogP contribution in [0.15, 0.2) is 42.6 Å². The van der Waals surface area contributed by atoms with E-state index in [2.05, 4.69) is 36.4 Å². The van der Waals surface area contributed by atoms with Crippen LogP contribution in [0.2, 0.25) is 0 Å². The van der Waals surface area contributed by atoms with Gasteiger partial charge in [0, 0.05) is 28.7 Å². The van der Waals surface area contributed by atoms with Crippen molar-refractivity contribution in [3.8, 4) is 0 Å². The molecule has 0 saturated carbocycles. The minimum Gasteiger partial charge on any atom is -0.350 e. The number of rotatable bonds is 5. The van der Waals surface area contributed by atoms with Gasteiger partial charge in [-0.25, -0.2) is 4.98 Å². The molecule has 0 fully saturated rings. The van der Waals surface area contributed by atoms with Crippen molar-refractivity contribution in [3.63, 3.8) is 0 Å². The highest BCUT2D eigenvalue weighted by atomic mass is 16.2. The van der Waals surface area contributed by atoms with Crippen LogP contribution in [0.4, 0.5) is 5.82 Å². The Morgan fingerprint density at radius 1 is 1.07 bits per heavy atom. The Labute approximate surface area is 177 Å². The summed E-state index contributed by atoms with van der Waals surface area (Å²) in [6.45, 7) is 12.2. The largest absolute Gasteiger partial charge is 0.350 e. The molecule has 3 aromatic rings. The number of hydrogen-bond acceptors (Lipinski definition) is 3. The maximum atomic E-state index is 12.8. The lowest BCUT2D eigenvalue weighted by Crippen LogP contribution is -2.31. The van der Waals surface area contributed by atoms with Gasteiger partial charge in [0.1, 0.15) is 11.5 Å². The van der Waals surface area contributed by atoms with Crippen LogP contribution in [0.3, 0.4) is 0 Å². The number of carbonyl (C=O) groups is 2. The van der Waals surface area contributed by atoms with Crippen LogP contribution < -0.4 is 10.6 Å². The van der Waals surface area contributed by atoms with E-state index >= 15 is 0 Å². The van der Waals surface area contributed by atoms with Gasteiger partial charge in [-0.2, -0.15) is 0 Å². The summed E-state index contributed by atoms with van der Waals surface area (Å²) in [5, 5.41) is 6.65. The maximum absolute atomic E-state index is 12.8. The van der Waals surface area contributed by atoms with Crippen LogP contribution in [-0.2, 0) is 5.54 Å². The highest BCUT2D eigenvalue weighted by Crippen LogP contribution is 2.28. The standard InChI is InChI=1S/C24H30N4O2/c1-7-16(3)25-23(30)19-14-28(24(4,5)6)21-18(19)12-13-20(26-21)27-22(29)17-10-8-15(2)9-11-17/h8-14,16H,7H2,1-6H3,(H,25,30)(H,26,27,29). The number of nitrogens with zero attached hydrogens (tertiary/aromatic N) is 2. The summed E-state index contributed by atoms with van der Waals surface area (Å²) in [4.78, 5) is 30.1. The Balaban J connectivity index is 1.99. The molecule has 0 aliphatic heterocycles. The van der Waals surface area contributed by atoms with E-state index in [9.17, 15) is 9.59 Å². The van der Waals surface area contributed by atoms with Gasteiger partial charge in [-0.3, -0.25) is 9.59 Å². The molecule has 0 spiro atoms. The molecule has 6 heteroatoms. The van der Waals surface area contributed by atoms with Gasteiger partial charge < -0.3 is 15.2 Å². The normalized spacial score (nSPS) is 12.6. The van der Waals surface area contributed by atoms with E-state index < -0.39 is 0 Å². The number of amides is 2. The molecule has 2 heterocycles. The van der Waals surface area contributed by atoms with E-state index in [-0.39, 0.29) is 23.4 Å².